The molecule has 0 spiro atoms. The van der Waals surface area contributed by atoms with Crippen LogP contribution in [0.15, 0.2) is 73.3 Å². The fourth-order valence-electron chi connectivity index (χ4n) is 8.11. The molecule has 5 aromatic heterocycles. The van der Waals surface area contributed by atoms with Crippen molar-refractivity contribution in [2.75, 3.05) is 68.7 Å². The number of carbonyl (C=O) groups is 3. The molecule has 0 aliphatic carbocycles. The molecule has 0 radical (unpaired) electrons. The molecule has 0 atom stereocenters. The smallest absolute Gasteiger partial charge is 0.261 e. The Kier molecular flexibility index (Phi) is 29.3. The summed E-state index contributed by atoms with van der Waals surface area (Å²) in [5.74, 6) is 9.04. The number of nitrogens with zero attached hydrogens (tertiary/aromatic N) is 11. The average molecular weight is 1390 g/mol. The molecule has 9 rings (SSSR count). The molecule has 9 N–H and O–H groups in total. The number of benzene rings is 4. The number of amides is 2. The van der Waals surface area contributed by atoms with Crippen molar-refractivity contribution < 1.29 is 33.3 Å². The van der Waals surface area contributed by atoms with Crippen LogP contribution in [-0.2, 0) is 7.05 Å². The number of nitrogens with two attached hydrogens (primary N) is 3. The predicted molar refractivity (Wildman–Crippen MR) is 363 cm³/mol. The van der Waals surface area contributed by atoms with Gasteiger partial charge in [-0.25, -0.2) is 40.4 Å². The molecule has 91 heavy (non-hydrogen) atoms. The molecule has 0 aliphatic rings. The van der Waals surface area contributed by atoms with E-state index in [4.69, 9.17) is 117 Å². The zero-order valence-corrected chi connectivity index (χ0v) is 57.6. The van der Waals surface area contributed by atoms with Crippen LogP contribution >= 0.6 is 81.2 Å². The molecular weight excluding hydrogens is 1320 g/mol. The van der Waals surface area contributed by atoms with E-state index in [1.807, 2.05) is 118 Å². The predicted octanol–water partition coefficient (Wildman–Crippen LogP) is 13.4. The number of anilines is 6. The minimum absolute atomic E-state index is 0.00615. The Morgan fingerprint density at radius 1 is 0.527 bits per heavy atom. The minimum Gasteiger partial charge on any atom is -0.497 e. The van der Waals surface area contributed by atoms with Gasteiger partial charge >= 0.3 is 0 Å². The first-order valence-corrected chi connectivity index (χ1v) is 29.4. The van der Waals surface area contributed by atoms with E-state index in [2.05, 4.69) is 60.9 Å². The maximum atomic E-state index is 12.6. The summed E-state index contributed by atoms with van der Waals surface area (Å²) >= 11 is 39.1. The highest BCUT2D eigenvalue weighted by molar-refractivity contribution is 6.68. The van der Waals surface area contributed by atoms with Crippen molar-refractivity contribution in [2.24, 2.45) is 18.6 Å². The summed E-state index contributed by atoms with van der Waals surface area (Å²) in [5.41, 5.74) is 22.8. The van der Waals surface area contributed by atoms with E-state index < -0.39 is 11.1 Å². The lowest BCUT2D eigenvalue weighted by Crippen LogP contribution is -2.29. The van der Waals surface area contributed by atoms with E-state index in [1.54, 1.807) is 46.4 Å². The lowest BCUT2D eigenvalue weighted by Gasteiger charge is -2.17. The SMILES string of the molecule is CCN.COc1cc(C)c(N)c(C)c1.COc1cc(C)c(NC(=O)c2cnc(Cl)nc2Cl)c(C)c1.COc1cc(C)c(NC(=O)c2cnc(Cl)nc2N(C)N)c(C)c1.COc1cc(C)c(Nc2nn(C)c3nc(Cl)ncc23)c(C)c1.O=C(Cl)c1cnc(Cl)nc1Cl. The molecule has 2 amide bonds. The number of ether oxygens (including phenoxy) is 4. The topological polar surface area (TPSA) is 326 Å². The number of hydrogen-bond acceptors (Lipinski definition) is 21. The maximum Gasteiger partial charge on any atom is 0.261 e. The standard InChI is InChI=1S/C15H18ClN5O2.C15H16ClN5O.C14H13Cl2N3O2.C9H13NO.C5HCl3N2O.C2H7N/c1-8-5-10(23-4)6-9(2)12(8)19-14(22)11-7-18-15(16)20-13(11)21(3)17;1-8-5-10(22-4)6-9(2)12(8)18-13-11-7-17-15(16)19-14(11)21(3)20-13;1-7-4-9(21-3)5-8(2)11(7)18-13(20)10-6-17-14(16)19-12(10)15;1-6-4-8(11-3)5-7(2)9(6)10;6-3-2(4(7)11)1-9-5(8)10-3;1-2-3/h5-7H,17H2,1-4H3,(H,19,22);5-7H,1-4H3,(H,18,20);4-6H,1-3H3,(H,18,20);4-5H,10H2,1-3H3;1H;2-3H2,1H3. The van der Waals surface area contributed by atoms with Crippen molar-refractivity contribution in [3.8, 4) is 23.0 Å². The van der Waals surface area contributed by atoms with Crippen LogP contribution in [0.1, 0.15) is 82.5 Å². The van der Waals surface area contributed by atoms with Crippen LogP contribution in [0.25, 0.3) is 11.0 Å². The number of rotatable bonds is 12. The fourth-order valence-corrected chi connectivity index (χ4v) is 9.33. The van der Waals surface area contributed by atoms with E-state index in [9.17, 15) is 14.4 Å². The van der Waals surface area contributed by atoms with Crippen molar-refractivity contribution >= 4 is 144 Å². The number of hydrazine groups is 1. The second-order valence-electron chi connectivity index (χ2n) is 19.3. The summed E-state index contributed by atoms with van der Waals surface area (Å²) in [6.07, 6.45) is 5.49. The highest BCUT2D eigenvalue weighted by Crippen LogP contribution is 2.33. The van der Waals surface area contributed by atoms with Gasteiger partial charge < -0.3 is 46.4 Å². The number of fused-ring (bicyclic) bond motifs is 1. The molecule has 0 bridgehead atoms. The van der Waals surface area contributed by atoms with Gasteiger partial charge in [-0.05, 0) is 213 Å². The number of aromatic nitrogens is 10. The van der Waals surface area contributed by atoms with E-state index >= 15 is 0 Å². The second kappa shape index (κ2) is 35.4. The first kappa shape index (κ1) is 75.3. The van der Waals surface area contributed by atoms with Gasteiger partial charge in [0, 0.05) is 61.6 Å². The molecule has 0 saturated heterocycles. The second-order valence-corrected chi connectivity index (χ2v) is 21.7. The van der Waals surface area contributed by atoms with Crippen LogP contribution < -0.4 is 57.2 Å². The first-order chi connectivity index (χ1) is 42.9. The normalized spacial score (nSPS) is 10.2. The van der Waals surface area contributed by atoms with Crippen LogP contribution in [0.3, 0.4) is 0 Å². The van der Waals surface area contributed by atoms with Gasteiger partial charge in [0.05, 0.1) is 45.0 Å². The minimum atomic E-state index is -0.702. The van der Waals surface area contributed by atoms with Gasteiger partial charge in [-0.1, -0.05) is 30.1 Å². The van der Waals surface area contributed by atoms with E-state index in [1.165, 1.54) is 23.6 Å². The van der Waals surface area contributed by atoms with Gasteiger partial charge in [-0.3, -0.25) is 19.4 Å². The number of halogens is 7. The maximum absolute atomic E-state index is 12.6. The van der Waals surface area contributed by atoms with Crippen molar-refractivity contribution in [2.45, 2.75) is 62.3 Å². The lowest BCUT2D eigenvalue weighted by molar-refractivity contribution is 0.101. The quantitative estimate of drug-likeness (QED) is 0.0165. The van der Waals surface area contributed by atoms with E-state index in [0.717, 1.165) is 90.8 Å². The van der Waals surface area contributed by atoms with Crippen LogP contribution in [-0.4, -0.2) is 109 Å². The summed E-state index contributed by atoms with van der Waals surface area (Å²) < 4.78 is 22.4. The number of nitrogens with one attached hydrogen (secondary N) is 3. The van der Waals surface area contributed by atoms with Gasteiger partial charge in [0.25, 0.3) is 17.1 Å². The summed E-state index contributed by atoms with van der Waals surface area (Å²) in [6.45, 7) is 18.2. The molecule has 9 aromatic rings. The Hall–Kier alpha value is -8.17. The van der Waals surface area contributed by atoms with E-state index in [-0.39, 0.29) is 59.9 Å². The summed E-state index contributed by atoms with van der Waals surface area (Å²) in [7, 11) is 9.90. The Bertz CT molecular complexity index is 3960. The largest absolute Gasteiger partial charge is 0.497 e. The zero-order chi connectivity index (χ0) is 68.1. The first-order valence-electron chi connectivity index (χ1n) is 26.8. The third-order valence-electron chi connectivity index (χ3n) is 12.5. The van der Waals surface area contributed by atoms with Crippen molar-refractivity contribution in [1.29, 1.82) is 0 Å². The van der Waals surface area contributed by atoms with Gasteiger partial charge in [0.15, 0.2) is 17.3 Å². The number of carbonyl (C=O) groups excluding carboxylic acids is 3. The average Bonchev–Trinajstić information content (AvgIpc) is 2.56. The molecule has 5 heterocycles. The number of nitrogen functional groups attached to an aromatic ring is 1. The molecule has 24 nitrogen and oxygen atoms in total. The Balaban J connectivity index is 0.000000247. The van der Waals surface area contributed by atoms with Gasteiger partial charge in [0.2, 0.25) is 21.1 Å². The van der Waals surface area contributed by atoms with E-state index in [0.29, 0.717) is 22.8 Å². The third kappa shape index (κ3) is 21.5. The third-order valence-corrected chi connectivity index (χ3v) is 14.0. The van der Waals surface area contributed by atoms with Gasteiger partial charge in [0.1, 0.15) is 38.9 Å². The molecule has 0 unspecified atom stereocenters. The van der Waals surface area contributed by atoms with Crippen molar-refractivity contribution in [1.82, 2.24) is 49.7 Å². The number of methoxy groups -OCH3 is 4. The van der Waals surface area contributed by atoms with Crippen molar-refractivity contribution in [3.05, 3.63) is 166 Å². The van der Waals surface area contributed by atoms with Gasteiger partial charge in [-0.2, -0.15) is 15.1 Å². The van der Waals surface area contributed by atoms with Crippen LogP contribution in [0, 0.1) is 55.4 Å². The number of hydrogen-bond donors (Lipinski definition) is 6. The molecule has 0 saturated carbocycles. The molecule has 4 aromatic carbocycles. The Morgan fingerprint density at radius 3 is 1.23 bits per heavy atom. The molecule has 0 fully saturated rings. The summed E-state index contributed by atoms with van der Waals surface area (Å²) in [4.78, 5) is 66.0. The fraction of sp³-hybridized carbons (Fsp3) is 0.267. The van der Waals surface area contributed by atoms with Gasteiger partial charge in [-0.15, -0.1) is 0 Å². The Labute approximate surface area is 561 Å². The molecule has 484 valence electrons. The molecule has 31 heteroatoms. The molecular formula is C60H68Cl7N17O7. The van der Waals surface area contributed by atoms with Crippen LogP contribution in [0.2, 0.25) is 31.4 Å². The lowest BCUT2D eigenvalue weighted by atomic mass is 10.1. The van der Waals surface area contributed by atoms with Crippen molar-refractivity contribution in [3.63, 3.8) is 0 Å². The highest BCUT2D eigenvalue weighted by Gasteiger charge is 2.20. The molecule has 0 aliphatic heterocycles. The zero-order valence-electron chi connectivity index (χ0n) is 52.3. The summed E-state index contributed by atoms with van der Waals surface area (Å²) in [5, 5.41) is 15.0. The van der Waals surface area contributed by atoms with Crippen LogP contribution in [0.5, 0.6) is 23.0 Å². The highest BCUT2D eigenvalue weighted by atomic mass is 35.5. The monoisotopic (exact) mass is 1380 g/mol. The summed E-state index contributed by atoms with van der Waals surface area (Å²) in [6, 6.07) is 15.2. The van der Waals surface area contributed by atoms with Crippen LogP contribution in [0.4, 0.5) is 34.4 Å². The number of aryl methyl sites for hydroxylation is 9. The Morgan fingerprint density at radius 2 is 0.857 bits per heavy atom.